The van der Waals surface area contributed by atoms with Crippen LogP contribution in [0.2, 0.25) is 5.02 Å². The monoisotopic (exact) mass is 290 g/mol. The molecule has 0 fully saturated rings. The van der Waals surface area contributed by atoms with Gasteiger partial charge in [-0.15, -0.1) is 0 Å². The topological polar surface area (TPSA) is 34.1 Å². The van der Waals surface area contributed by atoms with Gasteiger partial charge in [0.05, 0.1) is 7.11 Å². The van der Waals surface area contributed by atoms with Crippen LogP contribution < -0.4 is 10.1 Å². The van der Waals surface area contributed by atoms with E-state index in [0.29, 0.717) is 5.88 Å². The van der Waals surface area contributed by atoms with Crippen LogP contribution in [0.25, 0.3) is 11.1 Å². The normalized spacial score (nSPS) is 10.6. The molecule has 0 atom stereocenters. The maximum Gasteiger partial charge on any atom is 0.212 e. The van der Waals surface area contributed by atoms with Crippen molar-refractivity contribution < 1.29 is 4.74 Å². The van der Waals surface area contributed by atoms with Crippen LogP contribution in [0.15, 0.2) is 36.5 Å². The second-order valence-corrected chi connectivity index (χ2v) is 4.98. The largest absolute Gasteiger partial charge is 0.481 e. The minimum atomic E-state index is 0.618. The van der Waals surface area contributed by atoms with Crippen LogP contribution >= 0.6 is 11.6 Å². The average Bonchev–Trinajstić information content (AvgIpc) is 2.49. The molecular weight excluding hydrogens is 272 g/mol. The van der Waals surface area contributed by atoms with Crippen molar-refractivity contribution >= 4 is 11.6 Å². The van der Waals surface area contributed by atoms with Crippen LogP contribution in [0.1, 0.15) is 18.9 Å². The highest BCUT2D eigenvalue weighted by atomic mass is 35.5. The summed E-state index contributed by atoms with van der Waals surface area (Å²) in [7, 11) is 1.61. The molecule has 2 aromatic rings. The molecule has 0 aliphatic rings. The van der Waals surface area contributed by atoms with Crippen molar-refractivity contribution in [2.75, 3.05) is 13.7 Å². The van der Waals surface area contributed by atoms with E-state index in [2.05, 4.69) is 23.3 Å². The van der Waals surface area contributed by atoms with E-state index in [0.717, 1.165) is 41.2 Å². The van der Waals surface area contributed by atoms with Gasteiger partial charge in [0.25, 0.3) is 0 Å². The van der Waals surface area contributed by atoms with Crippen molar-refractivity contribution in [1.82, 2.24) is 10.3 Å². The van der Waals surface area contributed by atoms with E-state index < -0.39 is 0 Å². The number of hydrogen-bond acceptors (Lipinski definition) is 3. The molecule has 20 heavy (non-hydrogen) atoms. The first-order chi connectivity index (χ1) is 9.74. The van der Waals surface area contributed by atoms with Gasteiger partial charge in [0, 0.05) is 29.4 Å². The Morgan fingerprint density at radius 3 is 2.65 bits per heavy atom. The highest BCUT2D eigenvalue weighted by Gasteiger charge is 2.04. The second kappa shape index (κ2) is 7.27. The summed E-state index contributed by atoms with van der Waals surface area (Å²) in [5.41, 5.74) is 3.27. The predicted molar refractivity (Wildman–Crippen MR) is 83.2 cm³/mol. The van der Waals surface area contributed by atoms with E-state index in [-0.39, 0.29) is 0 Å². The fourth-order valence-corrected chi connectivity index (χ4v) is 2.15. The molecule has 0 radical (unpaired) electrons. The summed E-state index contributed by atoms with van der Waals surface area (Å²) in [5.74, 6) is 0.618. The molecule has 0 aliphatic carbocycles. The molecule has 0 bridgehead atoms. The van der Waals surface area contributed by atoms with Crippen LogP contribution in [0.3, 0.4) is 0 Å². The van der Waals surface area contributed by atoms with Gasteiger partial charge in [0.1, 0.15) is 0 Å². The summed E-state index contributed by atoms with van der Waals surface area (Å²) in [5, 5.41) is 4.16. The number of aromatic nitrogens is 1. The molecule has 1 N–H and O–H groups in total. The van der Waals surface area contributed by atoms with Crippen LogP contribution in [0.5, 0.6) is 5.88 Å². The molecule has 106 valence electrons. The Kier molecular flexibility index (Phi) is 5.39. The first-order valence-electron chi connectivity index (χ1n) is 6.74. The van der Waals surface area contributed by atoms with E-state index in [1.54, 1.807) is 7.11 Å². The molecule has 2 rings (SSSR count). The number of pyridine rings is 1. The number of rotatable bonds is 6. The highest BCUT2D eigenvalue weighted by Crippen LogP contribution is 2.25. The van der Waals surface area contributed by atoms with E-state index >= 15 is 0 Å². The van der Waals surface area contributed by atoms with Gasteiger partial charge >= 0.3 is 0 Å². The Morgan fingerprint density at radius 2 is 2.00 bits per heavy atom. The molecule has 1 aromatic carbocycles. The summed E-state index contributed by atoms with van der Waals surface area (Å²) in [6.07, 6.45) is 2.92. The van der Waals surface area contributed by atoms with Gasteiger partial charge in [-0.1, -0.05) is 24.6 Å². The highest BCUT2D eigenvalue weighted by molar-refractivity contribution is 6.31. The predicted octanol–water partition coefficient (Wildman–Crippen LogP) is 3.91. The molecule has 0 saturated carbocycles. The number of ether oxygens (including phenoxy) is 1. The number of benzene rings is 1. The average molecular weight is 291 g/mol. The van der Waals surface area contributed by atoms with Crippen molar-refractivity contribution in [3.8, 4) is 17.0 Å². The molecular formula is C16H19ClN2O. The molecule has 0 amide bonds. The third-order valence-corrected chi connectivity index (χ3v) is 3.44. The van der Waals surface area contributed by atoms with Gasteiger partial charge in [-0.3, -0.25) is 0 Å². The van der Waals surface area contributed by atoms with Gasteiger partial charge in [-0.05, 0) is 42.3 Å². The number of methoxy groups -OCH3 is 1. The van der Waals surface area contributed by atoms with Crippen LogP contribution in [-0.4, -0.2) is 18.6 Å². The van der Waals surface area contributed by atoms with E-state index in [1.807, 2.05) is 30.5 Å². The van der Waals surface area contributed by atoms with Crippen LogP contribution in [0, 0.1) is 0 Å². The maximum absolute atomic E-state index is 6.23. The first-order valence-corrected chi connectivity index (χ1v) is 7.12. The summed E-state index contributed by atoms with van der Waals surface area (Å²) >= 11 is 6.23. The van der Waals surface area contributed by atoms with Gasteiger partial charge < -0.3 is 10.1 Å². The number of nitrogens with one attached hydrogen (secondary N) is 1. The van der Waals surface area contributed by atoms with Crippen molar-refractivity contribution in [3.63, 3.8) is 0 Å². The quantitative estimate of drug-likeness (QED) is 0.819. The summed E-state index contributed by atoms with van der Waals surface area (Å²) < 4.78 is 5.07. The number of nitrogens with zero attached hydrogens (tertiary/aromatic N) is 1. The molecule has 0 saturated heterocycles. The van der Waals surface area contributed by atoms with Crippen LogP contribution in [0.4, 0.5) is 0 Å². The maximum atomic E-state index is 6.23. The molecule has 0 spiro atoms. The smallest absolute Gasteiger partial charge is 0.212 e. The summed E-state index contributed by atoms with van der Waals surface area (Å²) in [4.78, 5) is 4.23. The summed E-state index contributed by atoms with van der Waals surface area (Å²) in [6, 6.07) is 9.91. The van der Waals surface area contributed by atoms with E-state index in [9.17, 15) is 0 Å². The van der Waals surface area contributed by atoms with Gasteiger partial charge in [0.15, 0.2) is 0 Å². The zero-order chi connectivity index (χ0) is 14.4. The van der Waals surface area contributed by atoms with Crippen molar-refractivity contribution in [3.05, 3.63) is 47.1 Å². The minimum absolute atomic E-state index is 0.618. The van der Waals surface area contributed by atoms with Crippen molar-refractivity contribution in [2.45, 2.75) is 19.9 Å². The molecule has 0 aliphatic heterocycles. The summed E-state index contributed by atoms with van der Waals surface area (Å²) in [6.45, 7) is 3.92. The third-order valence-electron chi connectivity index (χ3n) is 3.07. The van der Waals surface area contributed by atoms with Gasteiger partial charge in [-0.2, -0.15) is 0 Å². The van der Waals surface area contributed by atoms with Crippen molar-refractivity contribution in [1.29, 1.82) is 0 Å². The minimum Gasteiger partial charge on any atom is -0.481 e. The van der Waals surface area contributed by atoms with Crippen molar-refractivity contribution in [2.24, 2.45) is 0 Å². The molecule has 1 heterocycles. The van der Waals surface area contributed by atoms with E-state index in [1.165, 1.54) is 0 Å². The first kappa shape index (κ1) is 14.8. The molecule has 3 nitrogen and oxygen atoms in total. The molecule has 1 aromatic heterocycles. The number of halogens is 1. The zero-order valence-electron chi connectivity index (χ0n) is 11.8. The standard InChI is InChI=1S/C16H19ClN2O/c1-3-8-18-10-14-9-12(4-6-15(14)17)13-5-7-16(20-2)19-11-13/h4-7,9,11,18H,3,8,10H2,1-2H3. The fraction of sp³-hybridized carbons (Fsp3) is 0.312. The van der Waals surface area contributed by atoms with Gasteiger partial charge in [-0.25, -0.2) is 4.98 Å². The zero-order valence-corrected chi connectivity index (χ0v) is 12.6. The Labute approximate surface area is 124 Å². The van der Waals surface area contributed by atoms with E-state index in [4.69, 9.17) is 16.3 Å². The SMILES string of the molecule is CCCNCc1cc(-c2ccc(OC)nc2)ccc1Cl. The molecule has 4 heteroatoms. The van der Waals surface area contributed by atoms with Crippen LogP contribution in [-0.2, 0) is 6.54 Å². The van der Waals surface area contributed by atoms with Gasteiger partial charge in [0.2, 0.25) is 5.88 Å². The molecule has 0 unspecified atom stereocenters. The number of hydrogen-bond donors (Lipinski definition) is 1. The Balaban J connectivity index is 2.20. The fourth-order valence-electron chi connectivity index (χ4n) is 1.96. The third kappa shape index (κ3) is 3.71. The lowest BCUT2D eigenvalue weighted by Crippen LogP contribution is -2.14. The second-order valence-electron chi connectivity index (χ2n) is 4.57. The lowest BCUT2D eigenvalue weighted by molar-refractivity contribution is 0.398. The Bertz CT molecular complexity index is 555. The Hall–Kier alpha value is -1.58. The Morgan fingerprint density at radius 1 is 1.20 bits per heavy atom. The lowest BCUT2D eigenvalue weighted by Gasteiger charge is -2.09. The lowest BCUT2D eigenvalue weighted by atomic mass is 10.0.